The quantitative estimate of drug-likeness (QED) is 0.416. The van der Waals surface area contributed by atoms with Gasteiger partial charge in [0.2, 0.25) is 6.04 Å². The van der Waals surface area contributed by atoms with E-state index in [0.29, 0.717) is 29.9 Å². The average Bonchev–Trinajstić information content (AvgIpc) is 3.38. The first-order valence-electron chi connectivity index (χ1n) is 14.2. The zero-order valence-corrected chi connectivity index (χ0v) is 22.3. The Labute approximate surface area is 231 Å². The van der Waals surface area contributed by atoms with Gasteiger partial charge in [-0.15, -0.1) is 4.48 Å². The third-order valence-electron chi connectivity index (χ3n) is 9.65. The first-order chi connectivity index (χ1) is 19.2. The lowest BCUT2D eigenvalue weighted by atomic mass is 9.50. The second-order valence-electron chi connectivity index (χ2n) is 12.4. The molecule has 0 aromatic heterocycles. The van der Waals surface area contributed by atoms with Crippen LogP contribution in [0.5, 0.6) is 5.75 Å². The molecule has 1 saturated heterocycles. The zero-order valence-electron chi connectivity index (χ0n) is 22.3. The number of ether oxygens (including phenoxy) is 2. The van der Waals surface area contributed by atoms with Gasteiger partial charge in [0, 0.05) is 24.3 Å². The molecule has 2 atom stereocenters. The minimum atomic E-state index is -1.47. The van der Waals surface area contributed by atoms with E-state index in [-0.39, 0.29) is 37.2 Å². The van der Waals surface area contributed by atoms with Crippen molar-refractivity contribution in [3.63, 3.8) is 0 Å². The molecule has 4 bridgehead atoms. The molecule has 1 aliphatic heterocycles. The lowest BCUT2D eigenvalue weighted by Gasteiger charge is -2.56. The van der Waals surface area contributed by atoms with E-state index in [1.54, 1.807) is 30.3 Å². The van der Waals surface area contributed by atoms with Crippen LogP contribution in [0.4, 0.5) is 13.6 Å². The summed E-state index contributed by atoms with van der Waals surface area (Å²) in [6.07, 6.45) is 6.06. The number of imide groups is 1. The number of quaternary nitrogens is 1. The topological polar surface area (TPSA) is 89.9 Å². The summed E-state index contributed by atoms with van der Waals surface area (Å²) in [4.78, 5) is 39.3. The number of rotatable bonds is 7. The number of benzene rings is 2. The van der Waals surface area contributed by atoms with Crippen molar-refractivity contribution in [1.29, 1.82) is 0 Å². The Hall–Kier alpha value is -3.33. The number of carbonyl (C=O) groups is 3. The van der Waals surface area contributed by atoms with Gasteiger partial charge in [-0.25, -0.2) is 18.4 Å². The van der Waals surface area contributed by atoms with Crippen molar-refractivity contribution in [3.05, 3.63) is 65.2 Å². The van der Waals surface area contributed by atoms with Gasteiger partial charge in [-0.3, -0.25) is 0 Å². The van der Waals surface area contributed by atoms with Crippen LogP contribution in [0.25, 0.3) is 0 Å². The highest BCUT2D eigenvalue weighted by Crippen LogP contribution is 2.60. The summed E-state index contributed by atoms with van der Waals surface area (Å²) in [5, 5.41) is 9.87. The van der Waals surface area contributed by atoms with Crippen molar-refractivity contribution in [1.82, 2.24) is 0 Å². The normalized spacial score (nSPS) is 32.1. The van der Waals surface area contributed by atoms with Gasteiger partial charge < -0.3 is 14.6 Å². The highest BCUT2D eigenvalue weighted by Gasteiger charge is 2.60. The fourth-order valence-corrected chi connectivity index (χ4v) is 8.32. The Morgan fingerprint density at radius 2 is 1.60 bits per heavy atom. The fraction of sp³-hybridized carbons (Fsp3) is 0.516. The van der Waals surface area contributed by atoms with Gasteiger partial charge in [-0.1, -0.05) is 30.3 Å². The van der Waals surface area contributed by atoms with E-state index in [4.69, 9.17) is 9.47 Å². The van der Waals surface area contributed by atoms with E-state index < -0.39 is 45.7 Å². The van der Waals surface area contributed by atoms with Crippen LogP contribution in [0.15, 0.2) is 42.5 Å². The van der Waals surface area contributed by atoms with Crippen molar-refractivity contribution in [3.8, 4) is 5.75 Å². The number of nitrogens with zero attached hydrogens (tertiary/aromatic N) is 1. The van der Waals surface area contributed by atoms with Gasteiger partial charge in [0.05, 0.1) is 13.2 Å². The molecular formula is C31H34F2NO6+. The Morgan fingerprint density at radius 3 is 2.23 bits per heavy atom. The van der Waals surface area contributed by atoms with Gasteiger partial charge in [0.15, 0.2) is 11.6 Å². The molecule has 1 heterocycles. The van der Waals surface area contributed by atoms with Crippen LogP contribution in [-0.4, -0.2) is 46.8 Å². The maximum absolute atomic E-state index is 15.5. The summed E-state index contributed by atoms with van der Waals surface area (Å²) in [6, 6.07) is 8.83. The molecular weight excluding hydrogens is 520 g/mol. The van der Waals surface area contributed by atoms with Crippen molar-refractivity contribution in [2.24, 2.45) is 23.2 Å². The molecule has 2 amide bonds. The number of hydrogen-bond acceptors (Lipinski definition) is 5. The molecule has 0 spiro atoms. The summed E-state index contributed by atoms with van der Waals surface area (Å²) in [5.74, 6) is -2.72. The number of likely N-dealkylation sites (tertiary alicyclic amines) is 1. The van der Waals surface area contributed by atoms with Crippen molar-refractivity contribution < 1.29 is 42.2 Å². The van der Waals surface area contributed by atoms with Crippen LogP contribution in [0, 0.1) is 34.8 Å². The van der Waals surface area contributed by atoms with Crippen LogP contribution in [0.2, 0.25) is 0 Å². The van der Waals surface area contributed by atoms with Crippen molar-refractivity contribution in [2.75, 3.05) is 13.2 Å². The lowest BCUT2D eigenvalue weighted by molar-refractivity contribution is -0.780. The van der Waals surface area contributed by atoms with Gasteiger partial charge in [0.1, 0.15) is 18.0 Å². The van der Waals surface area contributed by atoms with E-state index in [1.165, 1.54) is 19.3 Å². The highest BCUT2D eigenvalue weighted by atomic mass is 19.1. The second kappa shape index (κ2) is 10.3. The number of hydrogen-bond donors (Lipinski definition) is 1. The van der Waals surface area contributed by atoms with E-state index in [2.05, 4.69) is 0 Å². The number of amides is 2. The fourth-order valence-electron chi connectivity index (χ4n) is 8.32. The first kappa shape index (κ1) is 26.9. The Bertz CT molecular complexity index is 1300. The molecule has 2 aromatic carbocycles. The Kier molecular flexibility index (Phi) is 6.89. The predicted molar refractivity (Wildman–Crippen MR) is 139 cm³/mol. The van der Waals surface area contributed by atoms with Crippen LogP contribution in [0.1, 0.15) is 67.3 Å². The van der Waals surface area contributed by atoms with Crippen LogP contribution in [0.3, 0.4) is 0 Å². The van der Waals surface area contributed by atoms with E-state index in [9.17, 15) is 19.5 Å². The third kappa shape index (κ3) is 4.68. The van der Waals surface area contributed by atoms with Gasteiger partial charge in [-0.05, 0) is 67.9 Å². The molecule has 1 N–H and O–H groups in total. The molecule has 40 heavy (non-hydrogen) atoms. The maximum Gasteiger partial charge on any atom is 0.524 e. The standard InChI is InChI=1S/C31H33F2NO6/c32-24-13-27(40-18-31-14-20-9-21(15-31)11-22(10-20)16-31)25(33)12-23(24)28(35)34(8-4-7-26(34)29(36)37)30(38)39-17-19-5-2-1-3-6-19/h1-3,5-6,12-13,20-22,26H,4,7-11,14-18H2/p+1/t20?,21?,22?,26-,31?,34?/m0/s1. The smallest absolute Gasteiger partial charge is 0.490 e. The number of aliphatic carboxylic acids is 1. The molecule has 7 nitrogen and oxygen atoms in total. The Morgan fingerprint density at radius 1 is 0.950 bits per heavy atom. The van der Waals surface area contributed by atoms with E-state index >= 15 is 8.78 Å². The number of carbonyl (C=O) groups excluding carboxylic acids is 2. The summed E-state index contributed by atoms with van der Waals surface area (Å²) in [6.45, 7) is -0.0744. The van der Waals surface area contributed by atoms with E-state index in [0.717, 1.165) is 31.4 Å². The third-order valence-corrected chi connectivity index (χ3v) is 9.65. The lowest BCUT2D eigenvalue weighted by Crippen LogP contribution is -2.62. The molecule has 7 rings (SSSR count). The van der Waals surface area contributed by atoms with Gasteiger partial charge in [-0.2, -0.15) is 4.79 Å². The zero-order chi connectivity index (χ0) is 28.1. The van der Waals surface area contributed by atoms with Crippen LogP contribution in [-0.2, 0) is 16.1 Å². The van der Waals surface area contributed by atoms with Crippen molar-refractivity contribution in [2.45, 2.75) is 64.0 Å². The molecule has 212 valence electrons. The van der Waals surface area contributed by atoms with Gasteiger partial charge >= 0.3 is 18.0 Å². The second-order valence-corrected chi connectivity index (χ2v) is 12.4. The largest absolute Gasteiger partial charge is 0.524 e. The molecule has 2 aromatic rings. The van der Waals surface area contributed by atoms with Crippen LogP contribution >= 0.6 is 0 Å². The molecule has 1 unspecified atom stereocenters. The average molecular weight is 555 g/mol. The molecule has 9 heteroatoms. The predicted octanol–water partition coefficient (Wildman–Crippen LogP) is 6.10. The van der Waals surface area contributed by atoms with Crippen molar-refractivity contribution >= 4 is 18.0 Å². The molecule has 5 fully saturated rings. The number of carboxylic acid groups (broad SMARTS) is 1. The van der Waals surface area contributed by atoms with Gasteiger partial charge in [0.25, 0.3) is 0 Å². The Balaban J connectivity index is 1.24. The van der Waals surface area contributed by atoms with E-state index in [1.807, 2.05) is 0 Å². The molecule has 4 saturated carbocycles. The number of carboxylic acids is 1. The molecule has 4 aliphatic carbocycles. The molecule has 0 radical (unpaired) electrons. The summed E-state index contributed by atoms with van der Waals surface area (Å²) >= 11 is 0. The number of halogens is 2. The monoisotopic (exact) mass is 554 g/mol. The SMILES string of the molecule is O=C(O)[C@@H]1CCC[N+]1(C(=O)OCc1ccccc1)C(=O)c1cc(F)c(OCC23CC4CC(CC(C4)C2)C3)cc1F. The van der Waals surface area contributed by atoms with Crippen LogP contribution < -0.4 is 4.74 Å². The molecule has 5 aliphatic rings. The highest BCUT2D eigenvalue weighted by molar-refractivity contribution is 5.97. The summed E-state index contributed by atoms with van der Waals surface area (Å²) in [7, 11) is 0. The maximum atomic E-state index is 15.5. The minimum absolute atomic E-state index is 0.0197. The first-order valence-corrected chi connectivity index (χ1v) is 14.2. The summed E-state index contributed by atoms with van der Waals surface area (Å²) < 4.78 is 40.8. The summed E-state index contributed by atoms with van der Waals surface area (Å²) in [5.41, 5.74) is -0.0662. The minimum Gasteiger partial charge on any atom is -0.490 e.